The average Bonchev–Trinajstić information content (AvgIpc) is 3.48. The summed E-state index contributed by atoms with van der Waals surface area (Å²) in [4.78, 5) is 23.1. The Morgan fingerprint density at radius 1 is 1.13 bits per heavy atom. The van der Waals surface area contributed by atoms with Crippen LogP contribution >= 0.6 is 11.8 Å². The number of rotatable bonds is 6. The van der Waals surface area contributed by atoms with Gasteiger partial charge in [-0.05, 0) is 55.0 Å². The number of anilines is 1. The van der Waals surface area contributed by atoms with Crippen LogP contribution in [0.1, 0.15) is 43.9 Å². The van der Waals surface area contributed by atoms with Crippen molar-refractivity contribution in [2.45, 2.75) is 56.8 Å². The number of methoxy groups -OCH3 is 1. The molecule has 3 aliphatic heterocycles. The molecule has 0 radical (unpaired) electrons. The van der Waals surface area contributed by atoms with Gasteiger partial charge in [-0.1, -0.05) is 73.2 Å². The zero-order chi connectivity index (χ0) is 31.7. The Balaban J connectivity index is 1.24. The number of thioether (sulfide) groups is 1. The molecule has 0 saturated carbocycles. The molecular formula is C35H37F3N4O2S. The Labute approximate surface area is 266 Å². The number of carbonyl (C=O) groups is 1. The van der Waals surface area contributed by atoms with Gasteiger partial charge in [0.2, 0.25) is 0 Å². The number of nitrogens with one attached hydrogen (secondary N) is 1. The number of allylic oxidation sites excluding steroid dienone is 3. The second-order valence-electron chi connectivity index (χ2n) is 11.8. The summed E-state index contributed by atoms with van der Waals surface area (Å²) in [6, 6.07) is 17.1. The zero-order valence-electron chi connectivity index (χ0n) is 25.6. The number of amides is 1. The maximum atomic E-state index is 14.6. The molecule has 0 spiro atoms. The van der Waals surface area contributed by atoms with Crippen LogP contribution < -0.4 is 10.2 Å². The van der Waals surface area contributed by atoms with E-state index in [9.17, 15) is 18.0 Å². The number of ether oxygens (including phenoxy) is 1. The van der Waals surface area contributed by atoms with Crippen molar-refractivity contribution in [3.63, 3.8) is 0 Å². The number of hydrogen-bond donors (Lipinski definition) is 1. The maximum Gasteiger partial charge on any atom is 0.416 e. The van der Waals surface area contributed by atoms with Gasteiger partial charge in [-0.25, -0.2) is 4.99 Å². The van der Waals surface area contributed by atoms with Crippen LogP contribution in [0.3, 0.4) is 0 Å². The van der Waals surface area contributed by atoms with Crippen LogP contribution in [0.25, 0.3) is 0 Å². The molecule has 3 heterocycles. The maximum absolute atomic E-state index is 14.6. The van der Waals surface area contributed by atoms with Crippen molar-refractivity contribution < 1.29 is 22.7 Å². The highest BCUT2D eigenvalue weighted by Gasteiger charge is 2.40. The van der Waals surface area contributed by atoms with E-state index in [1.165, 1.54) is 12.2 Å². The summed E-state index contributed by atoms with van der Waals surface area (Å²) in [6.45, 7) is 5.15. The third-order valence-electron chi connectivity index (χ3n) is 8.91. The summed E-state index contributed by atoms with van der Waals surface area (Å²) in [6.07, 6.45) is 3.08. The van der Waals surface area contributed by atoms with E-state index in [1.54, 1.807) is 18.9 Å². The van der Waals surface area contributed by atoms with Crippen molar-refractivity contribution in [1.29, 1.82) is 0 Å². The van der Waals surface area contributed by atoms with Crippen molar-refractivity contribution in [2.75, 3.05) is 25.1 Å². The number of halogens is 3. The fourth-order valence-corrected chi connectivity index (χ4v) is 7.22. The second-order valence-corrected chi connectivity index (χ2v) is 12.8. The Morgan fingerprint density at radius 2 is 1.89 bits per heavy atom. The van der Waals surface area contributed by atoms with Gasteiger partial charge >= 0.3 is 6.18 Å². The van der Waals surface area contributed by atoms with Crippen molar-refractivity contribution in [3.05, 3.63) is 112 Å². The van der Waals surface area contributed by atoms with E-state index in [-0.39, 0.29) is 17.9 Å². The first-order valence-electron chi connectivity index (χ1n) is 15.2. The minimum atomic E-state index is -4.41. The van der Waals surface area contributed by atoms with Gasteiger partial charge in [0.15, 0.2) is 5.96 Å². The standard InChI is InChI=1S/C35H37F3N4O2S/c1-22-9-16-32(45-21-24-10-12-25(13-11-24)23(2)44-3)42(27-7-5-4-6-8-27)33(43)29-20-41(18-17-28(22)29)34-39-30-15-14-26(35(36,37)38)19-31(30)40-34/h4-8,10-16,19,22-23,30-31H,9,17-18,20-21H2,1-3H3,(H,39,40). The van der Waals surface area contributed by atoms with Gasteiger partial charge in [-0.15, -0.1) is 11.8 Å². The molecule has 6 rings (SSSR count). The minimum absolute atomic E-state index is 0.0185. The molecule has 2 aromatic rings. The molecule has 45 heavy (non-hydrogen) atoms. The normalized spacial score (nSPS) is 24.2. The second kappa shape index (κ2) is 12.9. The predicted octanol–water partition coefficient (Wildman–Crippen LogP) is 7.30. The minimum Gasteiger partial charge on any atom is -0.377 e. The smallest absolute Gasteiger partial charge is 0.377 e. The van der Waals surface area contributed by atoms with E-state index >= 15 is 0 Å². The topological polar surface area (TPSA) is 57.2 Å². The third-order valence-corrected chi connectivity index (χ3v) is 10.0. The Kier molecular flexibility index (Phi) is 8.97. The van der Waals surface area contributed by atoms with E-state index in [1.807, 2.05) is 47.1 Å². The number of alkyl halides is 3. The van der Waals surface area contributed by atoms with Gasteiger partial charge in [0, 0.05) is 30.7 Å². The molecule has 236 valence electrons. The molecule has 10 heteroatoms. The summed E-state index contributed by atoms with van der Waals surface area (Å²) in [5.74, 6) is 1.33. The van der Waals surface area contributed by atoms with E-state index in [0.717, 1.165) is 45.5 Å². The molecule has 4 atom stereocenters. The quantitative estimate of drug-likeness (QED) is 0.362. The van der Waals surface area contributed by atoms with E-state index < -0.39 is 23.8 Å². The molecule has 4 aliphatic rings. The molecule has 4 unspecified atom stereocenters. The fourth-order valence-electron chi connectivity index (χ4n) is 6.19. The van der Waals surface area contributed by atoms with E-state index in [4.69, 9.17) is 9.73 Å². The monoisotopic (exact) mass is 634 g/mol. The van der Waals surface area contributed by atoms with Gasteiger partial charge in [0.25, 0.3) is 5.91 Å². The van der Waals surface area contributed by atoms with Crippen molar-refractivity contribution >= 4 is 29.3 Å². The summed E-state index contributed by atoms with van der Waals surface area (Å²) in [5.41, 5.74) is 4.24. The number of para-hydroxylation sites is 1. The van der Waals surface area contributed by atoms with Crippen LogP contribution in [0.15, 0.2) is 106 Å². The highest BCUT2D eigenvalue weighted by molar-refractivity contribution is 8.02. The Bertz CT molecular complexity index is 1580. The first-order chi connectivity index (χ1) is 21.6. The number of nitrogens with zero attached hydrogens (tertiary/aromatic N) is 3. The van der Waals surface area contributed by atoms with Crippen LogP contribution in [0.5, 0.6) is 0 Å². The lowest BCUT2D eigenvalue weighted by Crippen LogP contribution is -2.48. The molecule has 1 aliphatic carbocycles. The number of fused-ring (bicyclic) bond motifs is 1. The number of aliphatic imine (C=N–C) groups is 1. The predicted molar refractivity (Wildman–Crippen MR) is 174 cm³/mol. The SMILES string of the molecule is COC(C)c1ccc(CSC2=CCC(C)C3=C(CN(C4=NC5C=CC(C(F)(F)F)=CC5N4)CC3)C(=O)N2c2ccccc2)cc1. The molecular weight excluding hydrogens is 597 g/mol. The molecule has 1 N–H and O–H groups in total. The molecule has 0 saturated heterocycles. The highest BCUT2D eigenvalue weighted by atomic mass is 32.2. The lowest BCUT2D eigenvalue weighted by Gasteiger charge is -2.37. The molecule has 0 fully saturated rings. The largest absolute Gasteiger partial charge is 0.416 e. The van der Waals surface area contributed by atoms with Crippen LogP contribution in [0.2, 0.25) is 0 Å². The first-order valence-corrected chi connectivity index (χ1v) is 16.2. The van der Waals surface area contributed by atoms with Crippen molar-refractivity contribution in [3.8, 4) is 0 Å². The molecule has 1 amide bonds. The highest BCUT2D eigenvalue weighted by Crippen LogP contribution is 2.38. The van der Waals surface area contributed by atoms with Crippen LogP contribution in [0, 0.1) is 5.92 Å². The number of guanidine groups is 1. The molecule has 0 bridgehead atoms. The first kappa shape index (κ1) is 31.2. The van der Waals surface area contributed by atoms with Gasteiger partial charge in [0.1, 0.15) is 0 Å². The number of benzene rings is 2. The van der Waals surface area contributed by atoms with E-state index in [0.29, 0.717) is 31.2 Å². The Hall–Kier alpha value is -3.76. The molecule has 6 nitrogen and oxygen atoms in total. The fraction of sp³-hybridized carbons (Fsp3) is 0.371. The summed E-state index contributed by atoms with van der Waals surface area (Å²) < 4.78 is 45.5. The average molecular weight is 635 g/mol. The van der Waals surface area contributed by atoms with Crippen molar-refractivity contribution in [2.24, 2.45) is 10.9 Å². The van der Waals surface area contributed by atoms with Gasteiger partial charge < -0.3 is 15.0 Å². The molecule has 0 aromatic heterocycles. The van der Waals surface area contributed by atoms with Crippen LogP contribution in [-0.4, -0.2) is 55.2 Å². The Morgan fingerprint density at radius 3 is 2.60 bits per heavy atom. The van der Waals surface area contributed by atoms with Crippen molar-refractivity contribution in [1.82, 2.24) is 10.2 Å². The van der Waals surface area contributed by atoms with E-state index in [2.05, 4.69) is 42.6 Å². The zero-order valence-corrected chi connectivity index (χ0v) is 26.4. The number of hydrogen-bond acceptors (Lipinski definition) is 6. The van der Waals surface area contributed by atoms with Crippen LogP contribution in [0.4, 0.5) is 18.9 Å². The van der Waals surface area contributed by atoms with Gasteiger partial charge in [0.05, 0.1) is 35.3 Å². The number of carbonyl (C=O) groups excluding carboxylic acids is 1. The van der Waals surface area contributed by atoms with Gasteiger partial charge in [-0.2, -0.15) is 13.2 Å². The lowest BCUT2D eigenvalue weighted by atomic mass is 9.86. The third kappa shape index (κ3) is 6.63. The summed E-state index contributed by atoms with van der Waals surface area (Å²) in [7, 11) is 1.70. The van der Waals surface area contributed by atoms with Crippen LogP contribution in [-0.2, 0) is 15.3 Å². The van der Waals surface area contributed by atoms with Gasteiger partial charge in [-0.3, -0.25) is 9.69 Å². The lowest BCUT2D eigenvalue weighted by molar-refractivity contribution is -0.115. The summed E-state index contributed by atoms with van der Waals surface area (Å²) in [5, 5.41) is 4.08. The summed E-state index contributed by atoms with van der Waals surface area (Å²) >= 11 is 1.64. The molecule has 2 aromatic carbocycles.